The van der Waals surface area contributed by atoms with E-state index in [1.165, 1.54) is 38.2 Å². The lowest BCUT2D eigenvalue weighted by Gasteiger charge is -2.20. The molecule has 232 valence electrons. The first-order valence-corrected chi connectivity index (χ1v) is 15.5. The van der Waals surface area contributed by atoms with Crippen molar-refractivity contribution in [1.29, 1.82) is 0 Å². The molecular formula is C35H41N3O6. The van der Waals surface area contributed by atoms with Gasteiger partial charge in [0.2, 0.25) is 0 Å². The Hall–Kier alpha value is -4.24. The third kappa shape index (κ3) is 6.94. The molecule has 4 aromatic rings. The summed E-state index contributed by atoms with van der Waals surface area (Å²) >= 11 is 0. The van der Waals surface area contributed by atoms with Gasteiger partial charge in [0.15, 0.2) is 0 Å². The van der Waals surface area contributed by atoms with Crippen LogP contribution in [0.3, 0.4) is 0 Å². The van der Waals surface area contributed by atoms with Crippen LogP contribution in [0.5, 0.6) is 5.75 Å². The summed E-state index contributed by atoms with van der Waals surface area (Å²) < 4.78 is 13.3. The van der Waals surface area contributed by atoms with Crippen molar-refractivity contribution in [3.63, 3.8) is 0 Å². The number of nitro benzene ring substituents is 1. The van der Waals surface area contributed by atoms with Crippen LogP contribution in [-0.4, -0.2) is 41.0 Å². The largest absolute Gasteiger partial charge is 0.488 e. The van der Waals surface area contributed by atoms with Gasteiger partial charge in [-0.25, -0.2) is 4.79 Å². The Morgan fingerprint density at radius 2 is 1.77 bits per heavy atom. The molecule has 1 heterocycles. The fourth-order valence-electron chi connectivity index (χ4n) is 6.37. The summed E-state index contributed by atoms with van der Waals surface area (Å²) in [5.41, 5.74) is 4.85. The number of hydrogen-bond acceptors (Lipinski definition) is 7. The predicted molar refractivity (Wildman–Crippen MR) is 172 cm³/mol. The van der Waals surface area contributed by atoms with E-state index >= 15 is 0 Å². The van der Waals surface area contributed by atoms with Crippen LogP contribution < -0.4 is 4.74 Å². The first-order valence-electron chi connectivity index (χ1n) is 15.5. The molecule has 5 rings (SSSR count). The van der Waals surface area contributed by atoms with Crippen molar-refractivity contribution in [3.05, 3.63) is 81.4 Å². The molecule has 0 amide bonds. The van der Waals surface area contributed by atoms with Gasteiger partial charge in [-0.05, 0) is 75.1 Å². The average Bonchev–Trinajstić information content (AvgIpc) is 3.33. The number of ether oxygens (including phenoxy) is 2. The number of nitrogens with zero attached hydrogens (tertiary/aromatic N) is 3. The lowest BCUT2D eigenvalue weighted by atomic mass is 9.86. The number of aromatic nitrogens is 1. The molecule has 44 heavy (non-hydrogen) atoms. The van der Waals surface area contributed by atoms with E-state index in [1.807, 2.05) is 57.2 Å². The number of nitro groups is 1. The molecule has 1 atom stereocenters. The molecule has 0 radical (unpaired) electrons. The van der Waals surface area contributed by atoms with Crippen LogP contribution in [0.4, 0.5) is 5.69 Å². The zero-order valence-electron chi connectivity index (χ0n) is 26.0. The molecule has 0 aliphatic heterocycles. The zero-order valence-corrected chi connectivity index (χ0v) is 26.0. The van der Waals surface area contributed by atoms with Gasteiger partial charge in [0.05, 0.1) is 11.5 Å². The van der Waals surface area contributed by atoms with Gasteiger partial charge in [-0.3, -0.25) is 10.1 Å². The number of aryl methyl sites for hydroxylation is 2. The molecular weight excluding hydrogens is 558 g/mol. The van der Waals surface area contributed by atoms with Gasteiger partial charge in [0.1, 0.15) is 17.6 Å². The van der Waals surface area contributed by atoms with E-state index in [2.05, 4.69) is 9.72 Å². The minimum atomic E-state index is -0.376. The van der Waals surface area contributed by atoms with Crippen molar-refractivity contribution < 1.29 is 24.0 Å². The van der Waals surface area contributed by atoms with Gasteiger partial charge in [-0.1, -0.05) is 43.3 Å². The SMILES string of the molecule is CCn1c2ccc(/C(=N/OC(=O)CCC3CCCCC3)c3ccc(OC(C)COC)cc3C)cc2c2cc([N+](=O)[O-])ccc21. The fraction of sp³-hybridized carbons (Fsp3) is 0.429. The van der Waals surface area contributed by atoms with Gasteiger partial charge in [-0.2, -0.15) is 0 Å². The minimum Gasteiger partial charge on any atom is -0.488 e. The number of oxime groups is 1. The number of fused-ring (bicyclic) bond motifs is 3. The van der Waals surface area contributed by atoms with Crippen molar-refractivity contribution in [3.8, 4) is 5.75 Å². The standard InChI is InChI=1S/C35H41N3O6/c1-5-37-32-16-12-26(20-30(32)31-21-27(38(40)41)13-17-33(31)37)35(36-44-34(39)18-11-25-9-7-6-8-10-25)29-15-14-28(19-23(29)2)43-24(3)22-42-4/h12-17,19-21,24-25H,5-11,18,22H2,1-4H3/b36-35-. The maximum atomic E-state index is 12.9. The fourth-order valence-corrected chi connectivity index (χ4v) is 6.37. The van der Waals surface area contributed by atoms with Crippen LogP contribution in [0, 0.1) is 23.0 Å². The predicted octanol–water partition coefficient (Wildman–Crippen LogP) is 8.10. The molecule has 1 aliphatic carbocycles. The number of carbonyl (C=O) groups is 1. The molecule has 0 spiro atoms. The van der Waals surface area contributed by atoms with Crippen LogP contribution in [0.2, 0.25) is 0 Å². The first-order chi connectivity index (χ1) is 21.3. The molecule has 3 aromatic carbocycles. The molecule has 9 heteroatoms. The van der Waals surface area contributed by atoms with E-state index in [0.29, 0.717) is 37.0 Å². The maximum Gasteiger partial charge on any atom is 0.335 e. The molecule has 0 saturated heterocycles. The number of non-ortho nitro benzene ring substituents is 1. The second-order valence-electron chi connectivity index (χ2n) is 11.7. The average molecular weight is 600 g/mol. The smallest absolute Gasteiger partial charge is 0.335 e. The molecule has 1 unspecified atom stereocenters. The first kappa shape index (κ1) is 31.2. The normalized spacial score (nSPS) is 15.0. The summed E-state index contributed by atoms with van der Waals surface area (Å²) in [7, 11) is 1.64. The Morgan fingerprint density at radius 1 is 1.05 bits per heavy atom. The molecule has 0 bridgehead atoms. The van der Waals surface area contributed by atoms with E-state index in [0.717, 1.165) is 44.9 Å². The van der Waals surface area contributed by atoms with Gasteiger partial charge >= 0.3 is 5.97 Å². The van der Waals surface area contributed by atoms with Crippen molar-refractivity contribution >= 4 is 39.2 Å². The number of rotatable bonds is 12. The minimum absolute atomic E-state index is 0.0352. The van der Waals surface area contributed by atoms with Crippen molar-refractivity contribution in [1.82, 2.24) is 4.57 Å². The molecule has 0 N–H and O–H groups in total. The highest BCUT2D eigenvalue weighted by molar-refractivity contribution is 6.17. The second-order valence-corrected chi connectivity index (χ2v) is 11.7. The number of methoxy groups -OCH3 is 1. The van der Waals surface area contributed by atoms with Crippen LogP contribution >= 0.6 is 0 Å². The molecule has 1 fully saturated rings. The van der Waals surface area contributed by atoms with E-state index in [4.69, 9.17) is 14.3 Å². The van der Waals surface area contributed by atoms with Crippen molar-refractivity contribution in [2.45, 2.75) is 78.4 Å². The van der Waals surface area contributed by atoms with Crippen molar-refractivity contribution in [2.75, 3.05) is 13.7 Å². The van der Waals surface area contributed by atoms with Crippen LogP contribution in [0.25, 0.3) is 21.8 Å². The topological polar surface area (TPSA) is 105 Å². The van der Waals surface area contributed by atoms with Gasteiger partial charge in [-0.15, -0.1) is 0 Å². The molecule has 1 aromatic heterocycles. The van der Waals surface area contributed by atoms with Crippen LogP contribution in [0.15, 0.2) is 59.8 Å². The third-order valence-corrected chi connectivity index (χ3v) is 8.56. The van der Waals surface area contributed by atoms with Crippen molar-refractivity contribution in [2.24, 2.45) is 11.1 Å². The van der Waals surface area contributed by atoms with E-state index in [-0.39, 0.29) is 22.7 Å². The Labute approximate surface area is 257 Å². The second kappa shape index (κ2) is 14.0. The Balaban J connectivity index is 1.54. The van der Waals surface area contributed by atoms with Gasteiger partial charge in [0.25, 0.3) is 5.69 Å². The summed E-state index contributed by atoms with van der Waals surface area (Å²) in [6, 6.07) is 16.6. The summed E-state index contributed by atoms with van der Waals surface area (Å²) in [5, 5.41) is 17.7. The lowest BCUT2D eigenvalue weighted by Crippen LogP contribution is -2.18. The quantitative estimate of drug-likeness (QED) is 0.0705. The highest BCUT2D eigenvalue weighted by atomic mass is 16.7. The Morgan fingerprint density at radius 3 is 2.45 bits per heavy atom. The van der Waals surface area contributed by atoms with Gasteiger partial charge < -0.3 is 18.9 Å². The summed E-state index contributed by atoms with van der Waals surface area (Å²) in [4.78, 5) is 29.7. The molecule has 1 saturated carbocycles. The van der Waals surface area contributed by atoms with Crippen LogP contribution in [0.1, 0.15) is 75.5 Å². The highest BCUT2D eigenvalue weighted by Crippen LogP contribution is 2.34. The third-order valence-electron chi connectivity index (χ3n) is 8.56. The number of carbonyl (C=O) groups excluding carboxylic acids is 1. The summed E-state index contributed by atoms with van der Waals surface area (Å²) in [5.74, 6) is 0.921. The lowest BCUT2D eigenvalue weighted by molar-refractivity contribution is -0.384. The van der Waals surface area contributed by atoms with Gasteiger partial charge in [0, 0.05) is 65.1 Å². The zero-order chi connectivity index (χ0) is 31.2. The monoisotopic (exact) mass is 599 g/mol. The molecule has 1 aliphatic rings. The van der Waals surface area contributed by atoms with E-state index < -0.39 is 0 Å². The Kier molecular flexibility index (Phi) is 9.95. The number of benzene rings is 3. The molecule has 9 nitrogen and oxygen atoms in total. The van der Waals surface area contributed by atoms with E-state index in [1.54, 1.807) is 19.2 Å². The maximum absolute atomic E-state index is 12.9. The van der Waals surface area contributed by atoms with Crippen LogP contribution in [-0.2, 0) is 20.9 Å². The Bertz CT molecular complexity index is 1690. The summed E-state index contributed by atoms with van der Waals surface area (Å²) in [6.07, 6.45) is 7.09. The number of hydrogen-bond donors (Lipinski definition) is 0. The highest BCUT2D eigenvalue weighted by Gasteiger charge is 2.20. The summed E-state index contributed by atoms with van der Waals surface area (Å²) in [6.45, 7) is 7.13. The van der Waals surface area contributed by atoms with E-state index in [9.17, 15) is 14.9 Å².